The van der Waals surface area contributed by atoms with Crippen molar-refractivity contribution in [3.8, 4) is 0 Å². The number of benzene rings is 1. The molecule has 1 heterocycles. The normalized spacial score (nSPS) is 13.1. The molecule has 3 unspecified atom stereocenters. The predicted octanol–water partition coefficient (Wildman–Crippen LogP) is -2.47. The molecule has 0 aliphatic rings. The number of nitrogens with two attached hydrogens (primary N) is 4. The third kappa shape index (κ3) is 9.96. The highest BCUT2D eigenvalue weighted by Gasteiger charge is 2.30. The monoisotopic (exact) mass is 545 g/mol. The summed E-state index contributed by atoms with van der Waals surface area (Å²) >= 11 is 0. The average molecular weight is 546 g/mol. The zero-order chi connectivity index (χ0) is 28.9. The van der Waals surface area contributed by atoms with Crippen molar-refractivity contribution >= 4 is 46.5 Å². The zero-order valence-electron chi connectivity index (χ0n) is 21.3. The number of H-pyrrole nitrogens is 1. The van der Waals surface area contributed by atoms with E-state index >= 15 is 0 Å². The number of amides is 4. The Morgan fingerprint density at radius 2 is 1.59 bits per heavy atom. The summed E-state index contributed by atoms with van der Waals surface area (Å²) in [5.41, 5.74) is 22.6. The number of guanidine groups is 1. The Morgan fingerprint density at radius 1 is 0.923 bits per heavy atom. The molecule has 39 heavy (non-hydrogen) atoms. The first-order valence-electron chi connectivity index (χ1n) is 12.2. The van der Waals surface area contributed by atoms with Crippen LogP contribution < -0.4 is 38.9 Å². The first kappa shape index (κ1) is 30.6. The van der Waals surface area contributed by atoms with E-state index in [4.69, 9.17) is 22.9 Å². The second-order valence-corrected chi connectivity index (χ2v) is 8.80. The number of hydrogen-bond donors (Lipinski definition) is 9. The van der Waals surface area contributed by atoms with E-state index in [1.165, 1.54) is 0 Å². The molecule has 0 aliphatic heterocycles. The fourth-order valence-corrected chi connectivity index (χ4v) is 3.84. The second-order valence-electron chi connectivity index (χ2n) is 8.80. The molecule has 0 fully saturated rings. The number of fused-ring (bicyclic) bond motifs is 1. The number of aliphatic imine (C=N–C) groups is 1. The van der Waals surface area contributed by atoms with Gasteiger partial charge in [0, 0.05) is 36.5 Å². The lowest BCUT2D eigenvalue weighted by atomic mass is 10.0. The number of hydrogen-bond acceptors (Lipinski definition) is 7. The molecule has 0 saturated heterocycles. The summed E-state index contributed by atoms with van der Waals surface area (Å²) in [5, 5.41) is 17.9. The van der Waals surface area contributed by atoms with Gasteiger partial charge in [-0.2, -0.15) is 0 Å². The van der Waals surface area contributed by atoms with E-state index in [2.05, 4.69) is 25.9 Å². The van der Waals surface area contributed by atoms with Crippen molar-refractivity contribution in [1.29, 1.82) is 0 Å². The third-order valence-corrected chi connectivity index (χ3v) is 5.81. The van der Waals surface area contributed by atoms with E-state index in [9.17, 15) is 29.1 Å². The van der Waals surface area contributed by atoms with Crippen LogP contribution in [0.15, 0.2) is 35.5 Å². The van der Waals surface area contributed by atoms with E-state index in [0.717, 1.165) is 10.9 Å². The summed E-state index contributed by atoms with van der Waals surface area (Å²) in [6.45, 7) is -0.236. The smallest absolute Gasteiger partial charge is 0.326 e. The van der Waals surface area contributed by atoms with E-state index in [1.807, 2.05) is 24.3 Å². The quantitative estimate of drug-likeness (QED) is 0.0613. The summed E-state index contributed by atoms with van der Waals surface area (Å²) in [6.07, 6.45) is 1.64. The first-order chi connectivity index (χ1) is 18.5. The number of carboxylic acids is 1. The zero-order valence-corrected chi connectivity index (χ0v) is 21.3. The lowest BCUT2D eigenvalue weighted by Gasteiger charge is -2.24. The molecule has 2 aromatic rings. The van der Waals surface area contributed by atoms with E-state index in [-0.39, 0.29) is 44.6 Å². The van der Waals surface area contributed by atoms with Crippen LogP contribution in [0.25, 0.3) is 10.9 Å². The largest absolute Gasteiger partial charge is 0.480 e. The Bertz CT molecular complexity index is 1210. The minimum Gasteiger partial charge on any atom is -0.480 e. The van der Waals surface area contributed by atoms with Gasteiger partial charge in [0.05, 0.1) is 6.54 Å². The number of nitrogens with zero attached hydrogens (tertiary/aromatic N) is 1. The van der Waals surface area contributed by atoms with Crippen molar-refractivity contribution in [2.24, 2.45) is 27.9 Å². The van der Waals surface area contributed by atoms with Crippen LogP contribution in [0, 0.1) is 0 Å². The molecular weight excluding hydrogens is 510 g/mol. The highest BCUT2D eigenvalue weighted by Crippen LogP contribution is 2.19. The van der Waals surface area contributed by atoms with Gasteiger partial charge in [-0.3, -0.25) is 24.2 Å². The number of carbonyl (C=O) groups excluding carboxylic acids is 4. The number of carboxylic acid groups (broad SMARTS) is 1. The Hall–Kier alpha value is -4.66. The van der Waals surface area contributed by atoms with Crippen LogP contribution in [0.1, 0.15) is 31.2 Å². The molecule has 15 heteroatoms. The van der Waals surface area contributed by atoms with Gasteiger partial charge in [0.1, 0.15) is 18.1 Å². The molecule has 4 amide bonds. The van der Waals surface area contributed by atoms with Gasteiger partial charge in [0.2, 0.25) is 23.6 Å². The highest BCUT2D eigenvalue weighted by molar-refractivity contribution is 5.94. The van der Waals surface area contributed by atoms with Gasteiger partial charge in [0.15, 0.2) is 5.96 Å². The van der Waals surface area contributed by atoms with Gasteiger partial charge in [-0.1, -0.05) is 18.2 Å². The number of aromatic amines is 1. The van der Waals surface area contributed by atoms with Crippen LogP contribution in [0.2, 0.25) is 0 Å². The Balaban J connectivity index is 2.28. The van der Waals surface area contributed by atoms with Gasteiger partial charge < -0.3 is 49.0 Å². The van der Waals surface area contributed by atoms with E-state index in [0.29, 0.717) is 5.56 Å². The topological polar surface area (TPSA) is 274 Å². The van der Waals surface area contributed by atoms with E-state index in [1.54, 1.807) is 6.20 Å². The van der Waals surface area contributed by atoms with Crippen molar-refractivity contribution < 1.29 is 29.1 Å². The lowest BCUT2D eigenvalue weighted by Crippen LogP contribution is -2.57. The third-order valence-electron chi connectivity index (χ3n) is 5.81. The maximum atomic E-state index is 13.3. The van der Waals surface area contributed by atoms with Crippen LogP contribution in [0.4, 0.5) is 0 Å². The number of aliphatic carboxylic acids is 1. The van der Waals surface area contributed by atoms with Crippen molar-refractivity contribution in [3.05, 3.63) is 36.0 Å². The highest BCUT2D eigenvalue weighted by atomic mass is 16.4. The van der Waals surface area contributed by atoms with Crippen molar-refractivity contribution in [2.75, 3.05) is 13.1 Å². The van der Waals surface area contributed by atoms with Gasteiger partial charge in [-0.25, -0.2) is 4.79 Å². The Morgan fingerprint density at radius 3 is 2.23 bits per heavy atom. The summed E-state index contributed by atoms with van der Waals surface area (Å²) in [4.78, 5) is 68.3. The summed E-state index contributed by atoms with van der Waals surface area (Å²) in [7, 11) is 0. The van der Waals surface area contributed by atoms with Gasteiger partial charge in [-0.15, -0.1) is 0 Å². The molecule has 13 N–H and O–H groups in total. The molecule has 0 radical (unpaired) electrons. The SMILES string of the molecule is NCC(=O)NC(CCC(N)=O)C(=O)NC(Cc1c[nH]c2ccccc12)C(=O)NC(CCCN=C(N)N)C(=O)O. The number of aromatic nitrogens is 1. The minimum absolute atomic E-state index is 0.00466. The molecule has 0 saturated carbocycles. The van der Waals surface area contributed by atoms with Crippen LogP contribution in [-0.2, 0) is 30.4 Å². The van der Waals surface area contributed by atoms with Gasteiger partial charge in [-0.05, 0) is 30.9 Å². The first-order valence-corrected chi connectivity index (χ1v) is 12.2. The summed E-state index contributed by atoms with van der Waals surface area (Å²) in [5.74, 6) is -4.28. The minimum atomic E-state index is -1.28. The molecule has 3 atom stereocenters. The summed E-state index contributed by atoms with van der Waals surface area (Å²) < 4.78 is 0. The predicted molar refractivity (Wildman–Crippen MR) is 143 cm³/mol. The van der Waals surface area contributed by atoms with Crippen molar-refractivity contribution in [1.82, 2.24) is 20.9 Å². The molecule has 0 bridgehead atoms. The molecular formula is C24H35N9O6. The molecule has 15 nitrogen and oxygen atoms in total. The number of para-hydroxylation sites is 1. The van der Waals surface area contributed by atoms with Crippen LogP contribution in [-0.4, -0.2) is 76.9 Å². The lowest BCUT2D eigenvalue weighted by molar-refractivity contribution is -0.142. The molecule has 2 rings (SSSR count). The second kappa shape index (κ2) is 14.9. The van der Waals surface area contributed by atoms with Crippen molar-refractivity contribution in [2.45, 2.75) is 50.2 Å². The molecule has 0 aliphatic carbocycles. The maximum absolute atomic E-state index is 13.3. The fraction of sp³-hybridized carbons (Fsp3) is 0.417. The summed E-state index contributed by atoms with van der Waals surface area (Å²) in [6, 6.07) is 3.59. The molecule has 212 valence electrons. The molecule has 1 aromatic heterocycles. The van der Waals surface area contributed by atoms with Crippen LogP contribution in [0.3, 0.4) is 0 Å². The number of primary amides is 1. The number of nitrogens with one attached hydrogen (secondary N) is 4. The van der Waals surface area contributed by atoms with Crippen LogP contribution in [0.5, 0.6) is 0 Å². The van der Waals surface area contributed by atoms with E-state index < -0.39 is 54.3 Å². The molecule has 0 spiro atoms. The average Bonchev–Trinajstić information content (AvgIpc) is 3.29. The standard InChI is InChI=1S/C24H35N9O6/c25-11-20(35)31-16(7-8-19(26)34)21(36)33-18(10-13-12-30-15-5-2-1-4-14(13)15)22(37)32-17(23(38)39)6-3-9-29-24(27)28/h1-2,4-5,12,16-18,30H,3,6-11,25H2,(H2,26,34)(H,31,35)(H,32,37)(H,33,36)(H,38,39)(H4,27,28,29). The van der Waals surface area contributed by atoms with Crippen molar-refractivity contribution in [3.63, 3.8) is 0 Å². The van der Waals surface area contributed by atoms with Crippen LogP contribution >= 0.6 is 0 Å². The number of carbonyl (C=O) groups is 5. The van der Waals surface area contributed by atoms with Gasteiger partial charge >= 0.3 is 5.97 Å². The Kier molecular flexibility index (Phi) is 11.7. The number of rotatable bonds is 16. The Labute approximate surface area is 224 Å². The molecule has 1 aromatic carbocycles. The maximum Gasteiger partial charge on any atom is 0.326 e. The van der Waals surface area contributed by atoms with Gasteiger partial charge in [0.25, 0.3) is 0 Å². The fourth-order valence-electron chi connectivity index (χ4n) is 3.84.